The second-order valence-corrected chi connectivity index (χ2v) is 8.24. The third-order valence-corrected chi connectivity index (χ3v) is 5.69. The second kappa shape index (κ2) is 12.2. The molecular weight excluding hydrogens is 332 g/mol. The average Bonchev–Trinajstić information content (AvgIpc) is 3.04. The summed E-state index contributed by atoms with van der Waals surface area (Å²) in [7, 11) is 0. The van der Waals surface area contributed by atoms with Gasteiger partial charge in [0.05, 0.1) is 24.7 Å². The number of unbranched alkanes of at least 4 members (excludes halogenated alkanes) is 9. The summed E-state index contributed by atoms with van der Waals surface area (Å²) in [6.07, 6.45) is 13.6. The quantitative estimate of drug-likeness (QED) is 0.326. The molecule has 1 aromatic carbocycles. The van der Waals surface area contributed by atoms with Gasteiger partial charge in [0.15, 0.2) is 0 Å². The Morgan fingerprint density at radius 3 is 2.07 bits per heavy atom. The smallest absolute Gasteiger partial charge is 0.121 e. The van der Waals surface area contributed by atoms with Crippen LogP contribution in [0.4, 0.5) is 11.4 Å². The molecule has 0 spiro atoms. The first kappa shape index (κ1) is 21.9. The minimum absolute atomic E-state index is 0.512. The summed E-state index contributed by atoms with van der Waals surface area (Å²) in [5.74, 6) is 1.02. The van der Waals surface area contributed by atoms with E-state index in [1.54, 1.807) is 0 Å². The monoisotopic (exact) mass is 374 g/mol. The lowest BCUT2D eigenvalue weighted by Gasteiger charge is -2.24. The van der Waals surface area contributed by atoms with Crippen molar-refractivity contribution in [2.24, 2.45) is 0 Å². The van der Waals surface area contributed by atoms with Crippen molar-refractivity contribution in [3.63, 3.8) is 0 Å². The molecule has 154 valence electrons. The standard InChI is InChI=1S/C24H42N2O/c1-5-7-8-9-10-11-12-13-14-15-18-27-22-16-17-23-24(19-22)26(21(3)4)20-25(23)6-2/h16-17,19,21H,5-15,18,20H2,1-4H3. The van der Waals surface area contributed by atoms with Crippen molar-refractivity contribution in [2.45, 2.75) is 97.9 Å². The lowest BCUT2D eigenvalue weighted by atomic mass is 10.1. The van der Waals surface area contributed by atoms with E-state index >= 15 is 0 Å². The summed E-state index contributed by atoms with van der Waals surface area (Å²) in [6, 6.07) is 7.12. The summed E-state index contributed by atoms with van der Waals surface area (Å²) < 4.78 is 6.06. The fourth-order valence-corrected chi connectivity index (χ4v) is 3.92. The molecule has 0 amide bonds. The molecule has 0 aliphatic carbocycles. The Kier molecular flexibility index (Phi) is 9.86. The summed E-state index contributed by atoms with van der Waals surface area (Å²) in [5, 5.41) is 0. The topological polar surface area (TPSA) is 15.7 Å². The van der Waals surface area contributed by atoms with E-state index < -0.39 is 0 Å². The molecule has 0 N–H and O–H groups in total. The first-order valence-electron chi connectivity index (χ1n) is 11.5. The SMILES string of the molecule is CCCCCCCCCCCCOc1ccc2c(c1)N(C(C)C)CN2CC. The first-order valence-corrected chi connectivity index (χ1v) is 11.5. The minimum atomic E-state index is 0.512. The molecule has 0 saturated heterocycles. The van der Waals surface area contributed by atoms with Gasteiger partial charge < -0.3 is 14.5 Å². The Hall–Kier alpha value is -1.38. The Morgan fingerprint density at radius 2 is 1.48 bits per heavy atom. The maximum atomic E-state index is 6.06. The van der Waals surface area contributed by atoms with Gasteiger partial charge in [-0.3, -0.25) is 0 Å². The van der Waals surface area contributed by atoms with Crippen molar-refractivity contribution in [1.29, 1.82) is 0 Å². The summed E-state index contributed by atoms with van der Waals surface area (Å²) in [4.78, 5) is 4.90. The van der Waals surface area contributed by atoms with Crippen LogP contribution >= 0.6 is 0 Å². The normalized spacial score (nSPS) is 13.5. The molecular formula is C24H42N2O. The number of fused-ring (bicyclic) bond motifs is 1. The Morgan fingerprint density at radius 1 is 0.852 bits per heavy atom. The number of benzene rings is 1. The van der Waals surface area contributed by atoms with Crippen molar-refractivity contribution in [2.75, 3.05) is 29.6 Å². The molecule has 0 fully saturated rings. The van der Waals surface area contributed by atoms with Gasteiger partial charge in [-0.1, -0.05) is 64.7 Å². The molecule has 1 aliphatic heterocycles. The Balaban J connectivity index is 1.64. The zero-order chi connectivity index (χ0) is 19.5. The van der Waals surface area contributed by atoms with Gasteiger partial charge in [0, 0.05) is 18.7 Å². The molecule has 0 aromatic heterocycles. The van der Waals surface area contributed by atoms with Gasteiger partial charge in [0.25, 0.3) is 0 Å². The van der Waals surface area contributed by atoms with Crippen LogP contribution in [-0.2, 0) is 0 Å². The van der Waals surface area contributed by atoms with Crippen molar-refractivity contribution >= 4 is 11.4 Å². The van der Waals surface area contributed by atoms with Crippen molar-refractivity contribution in [1.82, 2.24) is 0 Å². The first-order chi connectivity index (χ1) is 13.2. The number of nitrogens with zero attached hydrogens (tertiary/aromatic N) is 2. The lowest BCUT2D eigenvalue weighted by Crippen LogP contribution is -2.35. The van der Waals surface area contributed by atoms with Crippen LogP contribution in [0.3, 0.4) is 0 Å². The maximum absolute atomic E-state index is 6.06. The van der Waals surface area contributed by atoms with Gasteiger partial charge >= 0.3 is 0 Å². The van der Waals surface area contributed by atoms with Gasteiger partial charge in [0.1, 0.15) is 5.75 Å². The zero-order valence-electron chi connectivity index (χ0n) is 18.3. The fraction of sp³-hybridized carbons (Fsp3) is 0.750. The van der Waals surface area contributed by atoms with Crippen LogP contribution in [0.2, 0.25) is 0 Å². The van der Waals surface area contributed by atoms with Gasteiger partial charge in [-0.2, -0.15) is 0 Å². The van der Waals surface area contributed by atoms with Crippen LogP contribution < -0.4 is 14.5 Å². The van der Waals surface area contributed by atoms with Crippen LogP contribution in [0.25, 0.3) is 0 Å². The summed E-state index contributed by atoms with van der Waals surface area (Å²) >= 11 is 0. The van der Waals surface area contributed by atoms with E-state index in [1.807, 2.05) is 0 Å². The van der Waals surface area contributed by atoms with E-state index in [0.29, 0.717) is 6.04 Å². The molecule has 0 saturated carbocycles. The van der Waals surface area contributed by atoms with Crippen LogP contribution in [0.5, 0.6) is 5.75 Å². The van der Waals surface area contributed by atoms with Crippen LogP contribution in [0.1, 0.15) is 91.9 Å². The highest BCUT2D eigenvalue weighted by molar-refractivity contribution is 5.78. The summed E-state index contributed by atoms with van der Waals surface area (Å²) in [5.41, 5.74) is 2.67. The highest BCUT2D eigenvalue weighted by atomic mass is 16.5. The van der Waals surface area contributed by atoms with E-state index in [-0.39, 0.29) is 0 Å². The molecule has 1 heterocycles. The molecule has 0 bridgehead atoms. The van der Waals surface area contributed by atoms with Crippen molar-refractivity contribution < 1.29 is 4.74 Å². The highest BCUT2D eigenvalue weighted by Gasteiger charge is 2.26. The average molecular weight is 375 g/mol. The number of anilines is 2. The van der Waals surface area contributed by atoms with Gasteiger partial charge in [-0.05, 0) is 39.3 Å². The van der Waals surface area contributed by atoms with Gasteiger partial charge in [-0.25, -0.2) is 0 Å². The van der Waals surface area contributed by atoms with E-state index in [4.69, 9.17) is 4.74 Å². The number of ether oxygens (including phenoxy) is 1. The maximum Gasteiger partial charge on any atom is 0.121 e. The molecule has 0 atom stereocenters. The van der Waals surface area contributed by atoms with Crippen LogP contribution in [0, 0.1) is 0 Å². The molecule has 0 radical (unpaired) electrons. The third-order valence-electron chi connectivity index (χ3n) is 5.69. The Bertz CT molecular complexity index is 529. The van der Waals surface area contributed by atoms with Gasteiger partial charge in [-0.15, -0.1) is 0 Å². The largest absolute Gasteiger partial charge is 0.494 e. The third kappa shape index (κ3) is 6.93. The number of hydrogen-bond acceptors (Lipinski definition) is 3. The van der Waals surface area contributed by atoms with E-state index in [0.717, 1.165) is 25.6 Å². The van der Waals surface area contributed by atoms with E-state index in [9.17, 15) is 0 Å². The molecule has 2 rings (SSSR count). The van der Waals surface area contributed by atoms with Crippen LogP contribution in [0.15, 0.2) is 18.2 Å². The molecule has 1 aliphatic rings. The molecule has 3 heteroatoms. The number of hydrogen-bond donors (Lipinski definition) is 0. The Labute approximate surface area is 168 Å². The highest BCUT2D eigenvalue weighted by Crippen LogP contribution is 2.39. The van der Waals surface area contributed by atoms with Crippen molar-refractivity contribution in [3.05, 3.63) is 18.2 Å². The van der Waals surface area contributed by atoms with Crippen molar-refractivity contribution in [3.8, 4) is 5.75 Å². The minimum Gasteiger partial charge on any atom is -0.494 e. The summed E-state index contributed by atoms with van der Waals surface area (Å²) in [6.45, 7) is 11.9. The van der Waals surface area contributed by atoms with E-state index in [2.05, 4.69) is 55.7 Å². The van der Waals surface area contributed by atoms with Crippen LogP contribution in [-0.4, -0.2) is 25.9 Å². The molecule has 1 aromatic rings. The molecule has 27 heavy (non-hydrogen) atoms. The fourth-order valence-electron chi connectivity index (χ4n) is 3.92. The zero-order valence-corrected chi connectivity index (χ0v) is 18.3. The molecule has 0 unspecified atom stereocenters. The number of rotatable bonds is 14. The predicted octanol–water partition coefficient (Wildman–Crippen LogP) is 7.00. The molecule has 3 nitrogen and oxygen atoms in total. The second-order valence-electron chi connectivity index (χ2n) is 8.24. The lowest BCUT2D eigenvalue weighted by molar-refractivity contribution is 0.304. The van der Waals surface area contributed by atoms with E-state index in [1.165, 1.54) is 75.6 Å². The predicted molar refractivity (Wildman–Crippen MR) is 119 cm³/mol. The van der Waals surface area contributed by atoms with Gasteiger partial charge in [0.2, 0.25) is 0 Å².